The highest BCUT2D eigenvalue weighted by atomic mass is 16.5. The monoisotopic (exact) mass is 502 g/mol. The van der Waals surface area contributed by atoms with Gasteiger partial charge >= 0.3 is 0 Å². The summed E-state index contributed by atoms with van der Waals surface area (Å²) in [4.78, 5) is 20.3. The maximum atomic E-state index is 13.5. The molecule has 0 saturated carbocycles. The van der Waals surface area contributed by atoms with Gasteiger partial charge in [0.1, 0.15) is 5.75 Å². The molecular weight excluding hydrogens is 472 g/mol. The van der Waals surface area contributed by atoms with Gasteiger partial charge in [0, 0.05) is 36.7 Å². The third kappa shape index (κ3) is 5.24. The van der Waals surface area contributed by atoms with Gasteiger partial charge in [-0.1, -0.05) is 12.1 Å². The minimum Gasteiger partial charge on any atom is -0.497 e. The molecule has 0 aliphatic carbocycles. The zero-order valence-corrected chi connectivity index (χ0v) is 21.2. The summed E-state index contributed by atoms with van der Waals surface area (Å²) in [6.07, 6.45) is 3.40. The van der Waals surface area contributed by atoms with Crippen LogP contribution in [0, 0.1) is 0 Å². The van der Waals surface area contributed by atoms with E-state index in [0.717, 1.165) is 46.3 Å². The van der Waals surface area contributed by atoms with E-state index < -0.39 is 0 Å². The first-order valence-electron chi connectivity index (χ1n) is 12.2. The van der Waals surface area contributed by atoms with Crippen LogP contribution in [0.1, 0.15) is 29.0 Å². The van der Waals surface area contributed by atoms with E-state index in [1.807, 2.05) is 36.4 Å². The van der Waals surface area contributed by atoms with Crippen LogP contribution >= 0.6 is 0 Å². The van der Waals surface area contributed by atoms with Crippen molar-refractivity contribution >= 4 is 16.8 Å². The molecule has 5 rings (SSSR count). The molecule has 1 saturated heterocycles. The van der Waals surface area contributed by atoms with Gasteiger partial charge in [0.15, 0.2) is 17.3 Å². The number of hydrogen-bond acceptors (Lipinski definition) is 7. The van der Waals surface area contributed by atoms with E-state index in [1.54, 1.807) is 38.4 Å². The van der Waals surface area contributed by atoms with Crippen molar-refractivity contribution in [1.82, 2.24) is 9.88 Å². The van der Waals surface area contributed by atoms with Gasteiger partial charge in [-0.05, 0) is 54.8 Å². The summed E-state index contributed by atoms with van der Waals surface area (Å²) in [6, 6.07) is 17.0. The second-order valence-electron chi connectivity index (χ2n) is 8.93. The molecule has 0 unspecified atom stereocenters. The fourth-order valence-corrected chi connectivity index (χ4v) is 4.70. The van der Waals surface area contributed by atoms with Crippen LogP contribution in [0.3, 0.4) is 0 Å². The number of carbonyl (C=O) groups excluding carboxylic acids is 1. The maximum absolute atomic E-state index is 13.5. The van der Waals surface area contributed by atoms with Crippen LogP contribution in [0.25, 0.3) is 22.2 Å². The van der Waals surface area contributed by atoms with E-state index >= 15 is 0 Å². The molecule has 0 radical (unpaired) electrons. The second kappa shape index (κ2) is 10.9. The van der Waals surface area contributed by atoms with Crippen LogP contribution in [0.2, 0.25) is 0 Å². The van der Waals surface area contributed by atoms with Gasteiger partial charge in [0.2, 0.25) is 0 Å². The summed E-state index contributed by atoms with van der Waals surface area (Å²) in [5.41, 5.74) is 3.27. The van der Waals surface area contributed by atoms with Gasteiger partial charge in [-0.15, -0.1) is 0 Å². The number of furan rings is 1. The Labute approximate surface area is 215 Å². The second-order valence-corrected chi connectivity index (χ2v) is 8.93. The molecule has 4 aromatic rings. The lowest BCUT2D eigenvalue weighted by molar-refractivity contribution is 0.0484. The molecule has 2 aromatic carbocycles. The number of amides is 1. The summed E-state index contributed by atoms with van der Waals surface area (Å²) in [5, 5.41) is 0.877. The molecule has 8 nitrogen and oxygen atoms in total. The molecule has 192 valence electrons. The van der Waals surface area contributed by atoms with E-state index in [2.05, 4.69) is 6.07 Å². The molecule has 1 atom stereocenters. The Balaban J connectivity index is 1.62. The third-order valence-electron chi connectivity index (χ3n) is 6.57. The van der Waals surface area contributed by atoms with Crippen molar-refractivity contribution in [3.8, 4) is 28.5 Å². The predicted molar refractivity (Wildman–Crippen MR) is 139 cm³/mol. The molecule has 0 bridgehead atoms. The Bertz CT molecular complexity index is 1380. The Morgan fingerprint density at radius 2 is 1.86 bits per heavy atom. The van der Waals surface area contributed by atoms with E-state index in [9.17, 15) is 4.79 Å². The quantitative estimate of drug-likeness (QED) is 0.305. The zero-order valence-electron chi connectivity index (χ0n) is 21.2. The molecule has 1 aliphatic rings. The van der Waals surface area contributed by atoms with Crippen LogP contribution in [0.4, 0.5) is 0 Å². The summed E-state index contributed by atoms with van der Waals surface area (Å²) in [5.74, 6) is 2.03. The molecule has 2 aromatic heterocycles. The smallest absolute Gasteiger partial charge is 0.289 e. The fourth-order valence-electron chi connectivity index (χ4n) is 4.70. The molecular formula is C29H30N2O6. The van der Waals surface area contributed by atoms with Crippen molar-refractivity contribution in [3.63, 3.8) is 0 Å². The van der Waals surface area contributed by atoms with Crippen LogP contribution in [0.15, 0.2) is 65.3 Å². The fraction of sp³-hybridized carbons (Fsp3) is 0.310. The van der Waals surface area contributed by atoms with E-state index in [0.29, 0.717) is 37.0 Å². The largest absolute Gasteiger partial charge is 0.497 e. The molecule has 1 fully saturated rings. The van der Waals surface area contributed by atoms with E-state index in [1.165, 1.54) is 6.26 Å². The number of benzene rings is 2. The van der Waals surface area contributed by atoms with E-state index in [-0.39, 0.29) is 12.0 Å². The van der Waals surface area contributed by atoms with E-state index in [4.69, 9.17) is 28.3 Å². The molecule has 1 amide bonds. The summed E-state index contributed by atoms with van der Waals surface area (Å²) in [6.45, 7) is 1.49. The first kappa shape index (κ1) is 24.6. The van der Waals surface area contributed by atoms with Gasteiger partial charge in [0.25, 0.3) is 5.91 Å². The number of aromatic nitrogens is 1. The average Bonchev–Trinajstić information content (AvgIpc) is 3.66. The molecule has 0 spiro atoms. The first-order valence-corrected chi connectivity index (χ1v) is 12.2. The average molecular weight is 503 g/mol. The Hall–Kier alpha value is -4.04. The minimum absolute atomic E-state index is 0.0167. The number of methoxy groups -OCH3 is 3. The predicted octanol–water partition coefficient (Wildman–Crippen LogP) is 5.34. The summed E-state index contributed by atoms with van der Waals surface area (Å²) in [7, 11) is 4.84. The molecule has 8 heteroatoms. The number of nitrogens with zero attached hydrogens (tertiary/aromatic N) is 2. The number of pyridine rings is 1. The van der Waals surface area contributed by atoms with Crippen molar-refractivity contribution in [2.24, 2.45) is 0 Å². The molecule has 37 heavy (non-hydrogen) atoms. The lowest BCUT2D eigenvalue weighted by Crippen LogP contribution is -2.37. The van der Waals surface area contributed by atoms with Crippen LogP contribution in [-0.2, 0) is 11.3 Å². The van der Waals surface area contributed by atoms with Crippen molar-refractivity contribution in [3.05, 3.63) is 72.2 Å². The molecule has 0 N–H and O–H groups in total. The normalized spacial score (nSPS) is 15.1. The first-order chi connectivity index (χ1) is 18.1. The SMILES string of the molecule is COc1cccc(-c2nc3cc(OC)c(OC)cc3cc2CN(C[C@@H]2CCCO2)C(=O)c2ccco2)c1. The van der Waals surface area contributed by atoms with Crippen LogP contribution < -0.4 is 14.2 Å². The highest BCUT2D eigenvalue weighted by Gasteiger charge is 2.26. The lowest BCUT2D eigenvalue weighted by Gasteiger charge is -2.26. The Kier molecular flexibility index (Phi) is 7.28. The third-order valence-corrected chi connectivity index (χ3v) is 6.57. The minimum atomic E-state index is -0.190. The standard InChI is InChI=1S/C29H30N2O6/c1-33-22-8-4-7-19(14-22)28-21(13-20-15-26(34-2)27(35-3)16-24(20)30-28)17-31(18-23-9-5-11-36-23)29(32)25-10-6-12-37-25/h4,6-8,10,12-16,23H,5,9,11,17-18H2,1-3H3/t23-/m0/s1. The van der Waals surface area contributed by atoms with Gasteiger partial charge < -0.3 is 28.3 Å². The highest BCUT2D eigenvalue weighted by molar-refractivity contribution is 5.92. The van der Waals surface area contributed by atoms with Gasteiger partial charge in [0.05, 0.1) is 44.9 Å². The lowest BCUT2D eigenvalue weighted by atomic mass is 10.0. The van der Waals surface area contributed by atoms with Crippen molar-refractivity contribution in [1.29, 1.82) is 0 Å². The number of carbonyl (C=O) groups is 1. The summed E-state index contributed by atoms with van der Waals surface area (Å²) >= 11 is 0. The van der Waals surface area contributed by atoms with Crippen molar-refractivity contribution in [2.45, 2.75) is 25.5 Å². The Morgan fingerprint density at radius 3 is 2.57 bits per heavy atom. The van der Waals surface area contributed by atoms with Gasteiger partial charge in [-0.3, -0.25) is 4.79 Å². The number of fused-ring (bicyclic) bond motifs is 1. The number of hydrogen-bond donors (Lipinski definition) is 0. The number of ether oxygens (including phenoxy) is 4. The highest BCUT2D eigenvalue weighted by Crippen LogP contribution is 2.35. The number of rotatable bonds is 9. The van der Waals surface area contributed by atoms with Crippen LogP contribution in [0.5, 0.6) is 17.2 Å². The van der Waals surface area contributed by atoms with Gasteiger partial charge in [-0.25, -0.2) is 4.98 Å². The maximum Gasteiger partial charge on any atom is 0.289 e. The van der Waals surface area contributed by atoms with Crippen molar-refractivity contribution in [2.75, 3.05) is 34.5 Å². The molecule has 1 aliphatic heterocycles. The topological polar surface area (TPSA) is 83.3 Å². The summed E-state index contributed by atoms with van der Waals surface area (Å²) < 4.78 is 27.8. The molecule has 3 heterocycles. The van der Waals surface area contributed by atoms with Crippen LogP contribution in [-0.4, -0.2) is 56.4 Å². The van der Waals surface area contributed by atoms with Gasteiger partial charge in [-0.2, -0.15) is 0 Å². The zero-order chi connectivity index (χ0) is 25.8. The van der Waals surface area contributed by atoms with Crippen molar-refractivity contribution < 1.29 is 28.2 Å². The Morgan fingerprint density at radius 1 is 1.03 bits per heavy atom.